The summed E-state index contributed by atoms with van der Waals surface area (Å²) in [5, 5.41) is 7.49. The monoisotopic (exact) mass is 459 g/mol. The number of thiophene rings is 1. The fraction of sp³-hybridized carbons (Fsp3) is 0.407. The zero-order valence-electron chi connectivity index (χ0n) is 18.7. The van der Waals surface area contributed by atoms with Gasteiger partial charge in [-0.2, -0.15) is 0 Å². The summed E-state index contributed by atoms with van der Waals surface area (Å²) in [6.45, 7) is 3.32. The van der Waals surface area contributed by atoms with Crippen molar-refractivity contribution in [2.24, 2.45) is 11.8 Å². The maximum Gasteiger partial charge on any atom is 0.261 e. The van der Waals surface area contributed by atoms with Gasteiger partial charge in [0.05, 0.1) is 4.88 Å². The Balaban J connectivity index is 1.24. The summed E-state index contributed by atoms with van der Waals surface area (Å²) in [4.78, 5) is 28.7. The van der Waals surface area contributed by atoms with Crippen molar-refractivity contribution < 1.29 is 9.59 Å². The Morgan fingerprint density at radius 1 is 0.970 bits per heavy atom. The Morgan fingerprint density at radius 2 is 1.79 bits per heavy atom. The molecular formula is C27H29N3O2S. The summed E-state index contributed by atoms with van der Waals surface area (Å²) in [6.07, 6.45) is 5.51. The smallest absolute Gasteiger partial charge is 0.261 e. The molecule has 2 bridgehead atoms. The number of carbonyl (C=O) groups is 2. The highest BCUT2D eigenvalue weighted by atomic mass is 32.1. The van der Waals surface area contributed by atoms with Crippen LogP contribution < -0.4 is 10.6 Å². The second kappa shape index (κ2) is 8.58. The number of hydrogen-bond donors (Lipinski definition) is 2. The van der Waals surface area contributed by atoms with Crippen LogP contribution in [0.5, 0.6) is 0 Å². The highest BCUT2D eigenvalue weighted by Gasteiger charge is 2.35. The summed E-state index contributed by atoms with van der Waals surface area (Å²) < 4.78 is 1.11. The largest absolute Gasteiger partial charge is 0.347 e. The molecule has 2 amide bonds. The van der Waals surface area contributed by atoms with E-state index in [9.17, 15) is 9.59 Å². The van der Waals surface area contributed by atoms with Crippen LogP contribution in [0.2, 0.25) is 0 Å². The SMILES string of the molecule is O=C(NC1CN2CCC1CC2)c1cc2cccc(-c3cccc(NC(=O)C4CCC4)c3)c2s1. The molecule has 4 aliphatic rings. The molecule has 4 fully saturated rings. The van der Waals surface area contributed by atoms with Gasteiger partial charge in [-0.15, -0.1) is 11.3 Å². The van der Waals surface area contributed by atoms with Gasteiger partial charge in [0.15, 0.2) is 0 Å². The molecule has 33 heavy (non-hydrogen) atoms. The standard InChI is InChI=1S/C27H29N3O2S/c31-26(18-4-1-5-18)28-21-8-2-6-19(14-21)22-9-3-7-20-15-24(33-25(20)22)27(32)29-23-16-30-12-10-17(23)11-13-30/h2-3,6-9,14-15,17-18,23H,1,4-5,10-13,16H2,(H,28,31)(H,29,32). The van der Waals surface area contributed by atoms with E-state index >= 15 is 0 Å². The lowest BCUT2D eigenvalue weighted by Gasteiger charge is -2.44. The molecule has 1 saturated carbocycles. The van der Waals surface area contributed by atoms with E-state index in [1.165, 1.54) is 25.9 Å². The number of piperidine rings is 3. The zero-order valence-corrected chi connectivity index (χ0v) is 19.5. The van der Waals surface area contributed by atoms with Crippen molar-refractivity contribution in [1.29, 1.82) is 0 Å². The first-order chi connectivity index (χ1) is 16.1. The van der Waals surface area contributed by atoms with E-state index in [4.69, 9.17) is 0 Å². The molecule has 3 aliphatic heterocycles. The lowest BCUT2D eigenvalue weighted by atomic mass is 9.84. The number of hydrogen-bond acceptors (Lipinski definition) is 4. The molecule has 7 rings (SSSR count). The molecule has 6 heteroatoms. The van der Waals surface area contributed by atoms with Gasteiger partial charge in [-0.1, -0.05) is 36.8 Å². The Morgan fingerprint density at radius 3 is 2.52 bits per heavy atom. The minimum Gasteiger partial charge on any atom is -0.347 e. The van der Waals surface area contributed by atoms with Crippen LogP contribution in [0.25, 0.3) is 21.2 Å². The molecule has 1 aromatic heterocycles. The highest BCUT2D eigenvalue weighted by Crippen LogP contribution is 2.36. The third-order valence-electron chi connectivity index (χ3n) is 7.66. The third kappa shape index (κ3) is 4.06. The van der Waals surface area contributed by atoms with Crippen LogP contribution in [0.15, 0.2) is 48.5 Å². The van der Waals surface area contributed by atoms with E-state index in [2.05, 4.69) is 33.7 Å². The van der Waals surface area contributed by atoms with Crippen LogP contribution in [0.3, 0.4) is 0 Å². The van der Waals surface area contributed by atoms with Crippen molar-refractivity contribution in [3.63, 3.8) is 0 Å². The van der Waals surface area contributed by atoms with Crippen molar-refractivity contribution in [1.82, 2.24) is 10.2 Å². The molecule has 2 aromatic carbocycles. The van der Waals surface area contributed by atoms with Crippen LogP contribution in [0, 0.1) is 11.8 Å². The minimum absolute atomic E-state index is 0.0439. The fourth-order valence-corrected chi connectivity index (χ4v) is 6.55. The topological polar surface area (TPSA) is 61.4 Å². The molecule has 4 heterocycles. The summed E-state index contributed by atoms with van der Waals surface area (Å²) in [5.41, 5.74) is 2.98. The van der Waals surface area contributed by atoms with E-state index in [-0.39, 0.29) is 23.8 Å². The average molecular weight is 460 g/mol. The van der Waals surface area contributed by atoms with Crippen LogP contribution in [0.4, 0.5) is 5.69 Å². The van der Waals surface area contributed by atoms with Gasteiger partial charge in [0, 0.05) is 28.9 Å². The van der Waals surface area contributed by atoms with Crippen LogP contribution >= 0.6 is 11.3 Å². The Bertz CT molecular complexity index is 1210. The van der Waals surface area contributed by atoms with Crippen molar-refractivity contribution in [3.05, 3.63) is 53.4 Å². The normalized spacial score (nSPS) is 24.4. The van der Waals surface area contributed by atoms with Crippen molar-refractivity contribution in [2.45, 2.75) is 38.1 Å². The van der Waals surface area contributed by atoms with Crippen molar-refractivity contribution in [3.8, 4) is 11.1 Å². The predicted octanol–water partition coefficient (Wildman–Crippen LogP) is 5.13. The molecule has 1 aliphatic carbocycles. The minimum atomic E-state index is 0.0439. The molecule has 0 spiro atoms. The van der Waals surface area contributed by atoms with Gasteiger partial charge in [-0.25, -0.2) is 0 Å². The third-order valence-corrected chi connectivity index (χ3v) is 8.84. The van der Waals surface area contributed by atoms with Crippen molar-refractivity contribution >= 4 is 38.9 Å². The summed E-state index contributed by atoms with van der Waals surface area (Å²) in [7, 11) is 0. The Kier molecular flexibility index (Phi) is 5.43. The second-order valence-corrected chi connectivity index (χ2v) is 10.8. The van der Waals surface area contributed by atoms with E-state index in [0.29, 0.717) is 5.92 Å². The molecule has 2 N–H and O–H groups in total. The van der Waals surface area contributed by atoms with E-state index < -0.39 is 0 Å². The molecule has 3 aromatic rings. The lowest BCUT2D eigenvalue weighted by molar-refractivity contribution is -0.122. The van der Waals surface area contributed by atoms with E-state index in [0.717, 1.165) is 57.6 Å². The maximum absolute atomic E-state index is 13.1. The number of benzene rings is 2. The summed E-state index contributed by atoms with van der Waals surface area (Å²) >= 11 is 1.56. The fourth-order valence-electron chi connectivity index (χ4n) is 5.45. The molecule has 5 nitrogen and oxygen atoms in total. The summed E-state index contributed by atoms with van der Waals surface area (Å²) in [6, 6.07) is 16.5. The number of fused-ring (bicyclic) bond motifs is 4. The molecular weight excluding hydrogens is 430 g/mol. The van der Waals surface area contributed by atoms with Crippen LogP contribution in [-0.2, 0) is 4.79 Å². The quantitative estimate of drug-likeness (QED) is 0.556. The van der Waals surface area contributed by atoms with Crippen LogP contribution in [-0.4, -0.2) is 42.4 Å². The second-order valence-electron chi connectivity index (χ2n) is 9.75. The number of amides is 2. The molecule has 1 unspecified atom stereocenters. The number of anilines is 1. The first-order valence-corrected chi connectivity index (χ1v) is 12.9. The Labute approximate surface area is 198 Å². The van der Waals surface area contributed by atoms with Crippen LogP contribution in [0.1, 0.15) is 41.8 Å². The molecule has 3 saturated heterocycles. The van der Waals surface area contributed by atoms with Gasteiger partial charge >= 0.3 is 0 Å². The zero-order chi connectivity index (χ0) is 22.4. The first kappa shape index (κ1) is 20.9. The number of nitrogens with one attached hydrogen (secondary N) is 2. The molecule has 170 valence electrons. The predicted molar refractivity (Wildman–Crippen MR) is 134 cm³/mol. The van der Waals surface area contributed by atoms with Gasteiger partial charge < -0.3 is 15.5 Å². The highest BCUT2D eigenvalue weighted by molar-refractivity contribution is 7.21. The number of rotatable bonds is 5. The van der Waals surface area contributed by atoms with E-state index in [1.54, 1.807) is 11.3 Å². The number of nitrogens with zero attached hydrogens (tertiary/aromatic N) is 1. The van der Waals surface area contributed by atoms with E-state index in [1.807, 2.05) is 30.3 Å². The Hall–Kier alpha value is -2.70. The first-order valence-electron chi connectivity index (χ1n) is 12.1. The van der Waals surface area contributed by atoms with Gasteiger partial charge in [-0.3, -0.25) is 9.59 Å². The van der Waals surface area contributed by atoms with Gasteiger partial charge in [0.1, 0.15) is 0 Å². The molecule has 1 atom stereocenters. The average Bonchev–Trinajstić information content (AvgIpc) is 3.23. The summed E-state index contributed by atoms with van der Waals surface area (Å²) in [5.74, 6) is 0.940. The molecule has 0 radical (unpaired) electrons. The van der Waals surface area contributed by atoms with Crippen molar-refractivity contribution in [2.75, 3.05) is 25.0 Å². The van der Waals surface area contributed by atoms with Gasteiger partial charge in [0.2, 0.25) is 5.91 Å². The maximum atomic E-state index is 13.1. The number of carbonyl (C=O) groups excluding carboxylic acids is 2. The van der Waals surface area contributed by atoms with Gasteiger partial charge in [0.25, 0.3) is 5.91 Å². The lowest BCUT2D eigenvalue weighted by Crippen LogP contribution is -2.57. The van der Waals surface area contributed by atoms with Gasteiger partial charge in [-0.05, 0) is 79.4 Å².